The Morgan fingerprint density at radius 2 is 2.18 bits per heavy atom. The summed E-state index contributed by atoms with van der Waals surface area (Å²) >= 11 is 0. The van der Waals surface area contributed by atoms with Crippen molar-refractivity contribution < 1.29 is 14.1 Å². The number of hydrogen-bond donors (Lipinski definition) is 1. The van der Waals surface area contributed by atoms with Gasteiger partial charge in [-0.05, 0) is 18.6 Å². The summed E-state index contributed by atoms with van der Waals surface area (Å²) < 4.78 is 10.5. The van der Waals surface area contributed by atoms with Gasteiger partial charge in [-0.2, -0.15) is 10.2 Å². The molecule has 2 rings (SSSR count). The Morgan fingerprint density at radius 1 is 1.45 bits per heavy atom. The number of nitriles is 1. The average Bonchev–Trinajstić information content (AvgIpc) is 2.95. The monoisotopic (exact) mass is 302 g/mol. The number of nitrogens with one attached hydrogen (secondary N) is 1. The van der Waals surface area contributed by atoms with E-state index in [0.717, 1.165) is 6.42 Å². The van der Waals surface area contributed by atoms with Crippen LogP contribution in [0.25, 0.3) is 11.5 Å². The topological polar surface area (TPSA) is 114 Å². The van der Waals surface area contributed by atoms with Crippen molar-refractivity contribution in [2.24, 2.45) is 0 Å². The lowest BCUT2D eigenvalue weighted by Gasteiger charge is -2.01. The Bertz CT molecular complexity index is 688. The number of nitrogens with zero attached hydrogens (tertiary/aromatic N) is 3. The van der Waals surface area contributed by atoms with Crippen LogP contribution in [0.4, 0.5) is 11.6 Å². The van der Waals surface area contributed by atoms with Crippen molar-refractivity contribution >= 4 is 11.6 Å². The van der Waals surface area contributed by atoms with E-state index in [1.54, 1.807) is 7.11 Å². The van der Waals surface area contributed by atoms with Gasteiger partial charge < -0.3 is 14.5 Å². The molecule has 8 nitrogen and oxygen atoms in total. The molecule has 0 atom stereocenters. The third kappa shape index (κ3) is 3.59. The minimum absolute atomic E-state index is 0.0197. The van der Waals surface area contributed by atoms with Crippen LogP contribution in [0, 0.1) is 21.4 Å². The highest BCUT2D eigenvalue weighted by molar-refractivity contribution is 5.60. The Balaban J connectivity index is 2.16. The van der Waals surface area contributed by atoms with E-state index >= 15 is 0 Å². The molecule has 1 heterocycles. The van der Waals surface area contributed by atoms with Crippen LogP contribution in [0.5, 0.6) is 0 Å². The molecule has 0 aliphatic heterocycles. The SMILES string of the molecule is COCCCNc1oc(-c2ccc([N+](=O)[O-])cc2)nc1C#N. The van der Waals surface area contributed by atoms with Crippen molar-refractivity contribution in [1.82, 2.24) is 4.98 Å². The Morgan fingerprint density at radius 3 is 2.77 bits per heavy atom. The van der Waals surface area contributed by atoms with Gasteiger partial charge in [0.05, 0.1) is 4.92 Å². The zero-order valence-electron chi connectivity index (χ0n) is 11.9. The molecule has 0 saturated carbocycles. The smallest absolute Gasteiger partial charge is 0.269 e. The zero-order valence-corrected chi connectivity index (χ0v) is 11.9. The maximum Gasteiger partial charge on any atom is 0.269 e. The maximum atomic E-state index is 10.6. The van der Waals surface area contributed by atoms with E-state index in [1.165, 1.54) is 24.3 Å². The number of non-ortho nitro benzene ring substituents is 1. The van der Waals surface area contributed by atoms with E-state index in [9.17, 15) is 10.1 Å². The summed E-state index contributed by atoms with van der Waals surface area (Å²) in [5.74, 6) is 0.521. The van der Waals surface area contributed by atoms with Crippen LogP contribution < -0.4 is 5.32 Å². The predicted octanol–water partition coefficient (Wildman–Crippen LogP) is 2.57. The van der Waals surface area contributed by atoms with E-state index in [4.69, 9.17) is 14.4 Å². The van der Waals surface area contributed by atoms with Gasteiger partial charge in [0.15, 0.2) is 0 Å². The molecule has 1 N–H and O–H groups in total. The van der Waals surface area contributed by atoms with Gasteiger partial charge in [0.1, 0.15) is 6.07 Å². The third-order valence-corrected chi connectivity index (χ3v) is 2.87. The molecule has 22 heavy (non-hydrogen) atoms. The first-order valence-corrected chi connectivity index (χ1v) is 6.54. The van der Waals surface area contributed by atoms with Crippen LogP contribution in [0.3, 0.4) is 0 Å². The van der Waals surface area contributed by atoms with E-state index in [0.29, 0.717) is 18.7 Å². The number of nitro benzene ring substituents is 1. The lowest BCUT2D eigenvalue weighted by Crippen LogP contribution is -2.04. The minimum atomic E-state index is -0.483. The summed E-state index contributed by atoms with van der Waals surface area (Å²) in [5, 5.41) is 22.7. The lowest BCUT2D eigenvalue weighted by atomic mass is 10.2. The standard InChI is InChI=1S/C14H14N4O4/c1-21-8-2-7-16-14-12(9-15)17-13(22-14)10-3-5-11(6-4-10)18(19)20/h3-6,16H,2,7-8H2,1H3. The molecule has 0 radical (unpaired) electrons. The summed E-state index contributed by atoms with van der Waals surface area (Å²) in [6.07, 6.45) is 0.759. The summed E-state index contributed by atoms with van der Waals surface area (Å²) in [7, 11) is 1.61. The number of aromatic nitrogens is 1. The lowest BCUT2D eigenvalue weighted by molar-refractivity contribution is -0.384. The first-order valence-electron chi connectivity index (χ1n) is 6.54. The van der Waals surface area contributed by atoms with Gasteiger partial charge in [0.25, 0.3) is 5.69 Å². The first-order chi connectivity index (χ1) is 10.7. The van der Waals surface area contributed by atoms with Crippen molar-refractivity contribution in [3.05, 3.63) is 40.1 Å². The van der Waals surface area contributed by atoms with Crippen LogP contribution in [0.15, 0.2) is 28.7 Å². The van der Waals surface area contributed by atoms with E-state index in [1.807, 2.05) is 6.07 Å². The number of oxazole rings is 1. The second-order valence-electron chi connectivity index (χ2n) is 4.39. The van der Waals surface area contributed by atoms with Gasteiger partial charge in [-0.25, -0.2) is 0 Å². The van der Waals surface area contributed by atoms with Crippen molar-refractivity contribution in [2.45, 2.75) is 6.42 Å². The summed E-state index contributed by atoms with van der Waals surface area (Å²) in [6.45, 7) is 1.18. The minimum Gasteiger partial charge on any atom is -0.419 e. The number of rotatable bonds is 7. The first kappa shape index (κ1) is 15.5. The molecule has 0 spiro atoms. The Kier molecular flexibility index (Phi) is 5.06. The van der Waals surface area contributed by atoms with Crippen LogP contribution in [-0.4, -0.2) is 30.2 Å². The molecular weight excluding hydrogens is 288 g/mol. The third-order valence-electron chi connectivity index (χ3n) is 2.87. The van der Waals surface area contributed by atoms with Crippen molar-refractivity contribution in [1.29, 1.82) is 5.26 Å². The molecule has 0 bridgehead atoms. The number of benzene rings is 1. The molecule has 1 aromatic carbocycles. The van der Waals surface area contributed by atoms with Gasteiger partial charge in [0.2, 0.25) is 17.5 Å². The molecule has 2 aromatic rings. The fourth-order valence-corrected chi connectivity index (χ4v) is 1.78. The maximum absolute atomic E-state index is 10.6. The number of anilines is 1. The van der Waals surface area contributed by atoms with Gasteiger partial charge in [-0.1, -0.05) is 0 Å². The Hall–Kier alpha value is -2.92. The number of methoxy groups -OCH3 is 1. The van der Waals surface area contributed by atoms with Crippen LogP contribution in [-0.2, 0) is 4.74 Å². The zero-order chi connectivity index (χ0) is 15.9. The molecule has 0 amide bonds. The highest BCUT2D eigenvalue weighted by Crippen LogP contribution is 2.26. The van der Waals surface area contributed by atoms with Crippen molar-refractivity contribution in [3.63, 3.8) is 0 Å². The fraction of sp³-hybridized carbons (Fsp3) is 0.286. The van der Waals surface area contributed by atoms with Crippen molar-refractivity contribution in [2.75, 3.05) is 25.6 Å². The van der Waals surface area contributed by atoms with Crippen LogP contribution in [0.1, 0.15) is 12.1 Å². The molecule has 114 valence electrons. The second-order valence-corrected chi connectivity index (χ2v) is 4.39. The molecule has 0 saturated heterocycles. The fourth-order valence-electron chi connectivity index (χ4n) is 1.78. The summed E-state index contributed by atoms with van der Waals surface area (Å²) in [6, 6.07) is 7.72. The van der Waals surface area contributed by atoms with Crippen LogP contribution >= 0.6 is 0 Å². The molecule has 8 heteroatoms. The molecule has 0 aliphatic rings. The van der Waals surface area contributed by atoms with Gasteiger partial charge in [0, 0.05) is 38.0 Å². The number of ether oxygens (including phenoxy) is 1. The van der Waals surface area contributed by atoms with Gasteiger partial charge in [-0.3, -0.25) is 10.1 Å². The molecule has 0 aliphatic carbocycles. The van der Waals surface area contributed by atoms with E-state index < -0.39 is 4.92 Å². The normalized spacial score (nSPS) is 10.2. The van der Waals surface area contributed by atoms with Crippen molar-refractivity contribution in [3.8, 4) is 17.5 Å². The van der Waals surface area contributed by atoms with Crippen LogP contribution in [0.2, 0.25) is 0 Å². The quantitative estimate of drug-likeness (QED) is 0.475. The molecule has 0 fully saturated rings. The molecule has 1 aromatic heterocycles. The molecular formula is C14H14N4O4. The highest BCUT2D eigenvalue weighted by Gasteiger charge is 2.15. The highest BCUT2D eigenvalue weighted by atomic mass is 16.6. The number of hydrogen-bond acceptors (Lipinski definition) is 7. The largest absolute Gasteiger partial charge is 0.419 e. The van der Waals surface area contributed by atoms with E-state index in [-0.39, 0.29) is 23.2 Å². The Labute approximate surface area is 126 Å². The van der Waals surface area contributed by atoms with Gasteiger partial charge >= 0.3 is 0 Å². The second kappa shape index (κ2) is 7.19. The summed E-state index contributed by atoms with van der Waals surface area (Å²) in [5.41, 5.74) is 0.687. The average molecular weight is 302 g/mol. The number of nitro groups is 1. The van der Waals surface area contributed by atoms with E-state index in [2.05, 4.69) is 10.3 Å². The molecule has 0 unspecified atom stereocenters. The predicted molar refractivity (Wildman–Crippen MR) is 78.3 cm³/mol. The van der Waals surface area contributed by atoms with Gasteiger partial charge in [-0.15, -0.1) is 0 Å². The summed E-state index contributed by atoms with van der Waals surface area (Å²) in [4.78, 5) is 14.2.